The number of likely N-dealkylation sites (tertiary alicyclic amines) is 1. The molecule has 0 saturated carbocycles. The first kappa shape index (κ1) is 26.2. The molecule has 2 aromatic rings. The SMILES string of the molecule is CC(=O)N[C@@H](C)C(=O)N[C@@H](Cc1ccccc1)C(=O)N(C(=O)N1CCC[C@H]1C)c1cccnc1Cl. The van der Waals surface area contributed by atoms with Gasteiger partial charge in [0.15, 0.2) is 5.15 Å². The monoisotopic (exact) mass is 499 g/mol. The smallest absolute Gasteiger partial charge is 0.331 e. The highest BCUT2D eigenvalue weighted by molar-refractivity contribution is 6.34. The molecule has 1 aliphatic heterocycles. The normalized spacial score (nSPS) is 16.8. The molecular formula is C25H30ClN5O4. The van der Waals surface area contributed by atoms with Crippen LogP contribution in [-0.2, 0) is 20.8 Å². The summed E-state index contributed by atoms with van der Waals surface area (Å²) in [5.41, 5.74) is 0.933. The first-order chi connectivity index (χ1) is 16.7. The second-order valence-electron chi connectivity index (χ2n) is 8.63. The Kier molecular flexibility index (Phi) is 8.81. The Morgan fingerprint density at radius 3 is 2.46 bits per heavy atom. The molecule has 10 heteroatoms. The van der Waals surface area contributed by atoms with Crippen LogP contribution in [0.5, 0.6) is 0 Å². The van der Waals surface area contributed by atoms with Gasteiger partial charge in [0, 0.05) is 32.1 Å². The Labute approximate surface area is 209 Å². The number of halogens is 1. The second-order valence-corrected chi connectivity index (χ2v) is 8.99. The van der Waals surface area contributed by atoms with Gasteiger partial charge in [0.2, 0.25) is 11.8 Å². The van der Waals surface area contributed by atoms with Gasteiger partial charge in [0.05, 0.1) is 5.69 Å². The molecule has 35 heavy (non-hydrogen) atoms. The van der Waals surface area contributed by atoms with Gasteiger partial charge >= 0.3 is 6.03 Å². The minimum absolute atomic E-state index is 0.00236. The number of nitrogens with zero attached hydrogens (tertiary/aromatic N) is 3. The summed E-state index contributed by atoms with van der Waals surface area (Å²) >= 11 is 6.32. The fourth-order valence-electron chi connectivity index (χ4n) is 4.08. The molecule has 186 valence electrons. The largest absolute Gasteiger partial charge is 0.345 e. The summed E-state index contributed by atoms with van der Waals surface area (Å²) in [6.45, 7) is 5.26. The average molecular weight is 500 g/mol. The summed E-state index contributed by atoms with van der Waals surface area (Å²) in [5.74, 6) is -1.56. The third kappa shape index (κ3) is 6.57. The van der Waals surface area contributed by atoms with Crippen LogP contribution < -0.4 is 15.5 Å². The van der Waals surface area contributed by atoms with Crippen LogP contribution in [0.15, 0.2) is 48.7 Å². The van der Waals surface area contributed by atoms with Crippen LogP contribution in [0.3, 0.4) is 0 Å². The number of amides is 5. The maximum absolute atomic E-state index is 14.0. The number of rotatable bonds is 7. The van der Waals surface area contributed by atoms with Crippen molar-refractivity contribution in [2.24, 2.45) is 0 Å². The highest BCUT2D eigenvalue weighted by Gasteiger charge is 2.38. The molecule has 3 atom stereocenters. The lowest BCUT2D eigenvalue weighted by Crippen LogP contribution is -2.57. The number of aromatic nitrogens is 1. The maximum Gasteiger partial charge on any atom is 0.331 e. The lowest BCUT2D eigenvalue weighted by atomic mass is 10.0. The number of nitrogens with one attached hydrogen (secondary N) is 2. The minimum atomic E-state index is -1.10. The van der Waals surface area contributed by atoms with Gasteiger partial charge < -0.3 is 15.5 Å². The van der Waals surface area contributed by atoms with E-state index in [1.165, 1.54) is 20.0 Å². The van der Waals surface area contributed by atoms with Crippen LogP contribution in [0.2, 0.25) is 5.15 Å². The Bertz CT molecular complexity index is 1080. The molecule has 1 fully saturated rings. The molecule has 1 aliphatic rings. The van der Waals surface area contributed by atoms with Crippen molar-refractivity contribution >= 4 is 41.0 Å². The van der Waals surface area contributed by atoms with E-state index in [1.54, 1.807) is 17.0 Å². The van der Waals surface area contributed by atoms with Gasteiger partial charge in [0.25, 0.3) is 5.91 Å². The van der Waals surface area contributed by atoms with Crippen molar-refractivity contribution in [3.63, 3.8) is 0 Å². The van der Waals surface area contributed by atoms with Gasteiger partial charge in [-0.05, 0) is 44.4 Å². The number of pyridine rings is 1. The molecule has 3 rings (SSSR count). The van der Waals surface area contributed by atoms with Gasteiger partial charge in [-0.3, -0.25) is 14.4 Å². The number of carbonyl (C=O) groups is 4. The first-order valence-electron chi connectivity index (χ1n) is 11.6. The third-order valence-electron chi connectivity index (χ3n) is 5.90. The quantitative estimate of drug-likeness (QED) is 0.569. The van der Waals surface area contributed by atoms with Crippen LogP contribution in [0.25, 0.3) is 0 Å². The van der Waals surface area contributed by atoms with Gasteiger partial charge in [0.1, 0.15) is 12.1 Å². The Morgan fingerprint density at radius 1 is 1.14 bits per heavy atom. The molecule has 1 aromatic heterocycles. The zero-order valence-corrected chi connectivity index (χ0v) is 20.8. The minimum Gasteiger partial charge on any atom is -0.345 e. The Hall–Kier alpha value is -3.46. The summed E-state index contributed by atoms with van der Waals surface area (Å²) in [4.78, 5) is 58.6. The fourth-order valence-corrected chi connectivity index (χ4v) is 4.28. The molecular weight excluding hydrogens is 470 g/mol. The predicted molar refractivity (Wildman–Crippen MR) is 133 cm³/mol. The number of imide groups is 1. The van der Waals surface area contributed by atoms with E-state index in [4.69, 9.17) is 11.6 Å². The van der Waals surface area contributed by atoms with E-state index >= 15 is 0 Å². The van der Waals surface area contributed by atoms with Crippen LogP contribution in [0.4, 0.5) is 10.5 Å². The first-order valence-corrected chi connectivity index (χ1v) is 11.9. The van der Waals surface area contributed by atoms with Gasteiger partial charge in [-0.1, -0.05) is 41.9 Å². The maximum atomic E-state index is 14.0. The van der Waals surface area contributed by atoms with E-state index in [0.717, 1.165) is 23.3 Å². The number of urea groups is 1. The molecule has 1 aromatic carbocycles. The molecule has 0 bridgehead atoms. The second kappa shape index (κ2) is 11.8. The van der Waals surface area contributed by atoms with E-state index in [2.05, 4.69) is 15.6 Å². The third-order valence-corrected chi connectivity index (χ3v) is 6.19. The lowest BCUT2D eigenvalue weighted by Gasteiger charge is -2.32. The van der Waals surface area contributed by atoms with E-state index < -0.39 is 29.9 Å². The lowest BCUT2D eigenvalue weighted by molar-refractivity contribution is -0.130. The van der Waals surface area contributed by atoms with E-state index in [1.807, 2.05) is 37.3 Å². The number of hydrogen-bond donors (Lipinski definition) is 2. The summed E-state index contributed by atoms with van der Waals surface area (Å²) in [6, 6.07) is 9.76. The van der Waals surface area contributed by atoms with Crippen molar-refractivity contribution in [1.82, 2.24) is 20.5 Å². The molecule has 9 nitrogen and oxygen atoms in total. The number of hydrogen-bond acceptors (Lipinski definition) is 5. The predicted octanol–water partition coefficient (Wildman–Crippen LogP) is 2.92. The molecule has 2 heterocycles. The standard InChI is InChI=1S/C25H30ClN5O4/c1-16-9-8-14-30(16)25(35)31(21-12-7-13-27-22(21)26)24(34)20(15-19-10-5-4-6-11-19)29-23(33)17(2)28-18(3)32/h4-7,10-13,16-17,20H,8-9,14-15H2,1-3H3,(H,28,32)(H,29,33)/t16-,17+,20+/m1/s1. The van der Waals surface area contributed by atoms with Crippen LogP contribution in [0.1, 0.15) is 39.2 Å². The van der Waals surface area contributed by atoms with Crippen LogP contribution >= 0.6 is 11.6 Å². The summed E-state index contributed by atoms with van der Waals surface area (Å²) < 4.78 is 0. The highest BCUT2D eigenvalue weighted by atomic mass is 35.5. The van der Waals surface area contributed by atoms with Crippen molar-refractivity contribution in [1.29, 1.82) is 0 Å². The Morgan fingerprint density at radius 2 is 1.86 bits per heavy atom. The Balaban J connectivity index is 1.99. The molecule has 5 amide bonds. The summed E-state index contributed by atoms with van der Waals surface area (Å²) in [7, 11) is 0. The van der Waals surface area contributed by atoms with Crippen molar-refractivity contribution in [2.75, 3.05) is 11.4 Å². The van der Waals surface area contributed by atoms with Crippen LogP contribution in [-0.4, -0.2) is 58.3 Å². The average Bonchev–Trinajstić information content (AvgIpc) is 3.25. The van der Waals surface area contributed by atoms with Crippen molar-refractivity contribution in [3.8, 4) is 0 Å². The topological polar surface area (TPSA) is 112 Å². The molecule has 0 unspecified atom stereocenters. The van der Waals surface area contributed by atoms with Crippen molar-refractivity contribution in [2.45, 2.75) is 58.2 Å². The highest BCUT2D eigenvalue weighted by Crippen LogP contribution is 2.28. The number of carbonyl (C=O) groups excluding carboxylic acids is 4. The van der Waals surface area contributed by atoms with E-state index in [-0.39, 0.29) is 29.2 Å². The number of anilines is 1. The van der Waals surface area contributed by atoms with Crippen LogP contribution in [0, 0.1) is 0 Å². The molecule has 0 radical (unpaired) electrons. The number of benzene rings is 1. The molecule has 1 saturated heterocycles. The fraction of sp³-hybridized carbons (Fsp3) is 0.400. The van der Waals surface area contributed by atoms with E-state index in [9.17, 15) is 19.2 Å². The van der Waals surface area contributed by atoms with Crippen molar-refractivity contribution < 1.29 is 19.2 Å². The molecule has 2 N–H and O–H groups in total. The zero-order chi connectivity index (χ0) is 25.5. The van der Waals surface area contributed by atoms with Crippen molar-refractivity contribution in [3.05, 3.63) is 59.4 Å². The van der Waals surface area contributed by atoms with Gasteiger partial charge in [-0.25, -0.2) is 14.7 Å². The van der Waals surface area contributed by atoms with Gasteiger partial charge in [-0.15, -0.1) is 0 Å². The summed E-state index contributed by atoms with van der Waals surface area (Å²) in [6.07, 6.45) is 3.26. The molecule has 0 aliphatic carbocycles. The summed E-state index contributed by atoms with van der Waals surface area (Å²) in [5, 5.41) is 5.23. The zero-order valence-electron chi connectivity index (χ0n) is 20.0. The van der Waals surface area contributed by atoms with Gasteiger partial charge in [-0.2, -0.15) is 0 Å². The van der Waals surface area contributed by atoms with E-state index in [0.29, 0.717) is 6.54 Å². The molecule has 0 spiro atoms.